The average Bonchev–Trinajstić information content (AvgIpc) is 2.81. The van der Waals surface area contributed by atoms with Crippen molar-refractivity contribution >= 4 is 28.9 Å². The lowest BCUT2D eigenvalue weighted by molar-refractivity contribution is -0.138. The molecule has 0 aliphatic rings. The Bertz CT molecular complexity index is 499. The van der Waals surface area contributed by atoms with Crippen molar-refractivity contribution in [1.29, 1.82) is 0 Å². The van der Waals surface area contributed by atoms with E-state index in [2.05, 4.69) is 10.2 Å². The van der Waals surface area contributed by atoms with E-state index in [1.54, 1.807) is 12.1 Å². The van der Waals surface area contributed by atoms with E-state index in [0.717, 1.165) is 5.56 Å². The molecule has 1 aromatic heterocycles. The van der Waals surface area contributed by atoms with Crippen molar-refractivity contribution in [3.63, 3.8) is 0 Å². The molecule has 6 heteroatoms. The van der Waals surface area contributed by atoms with Crippen LogP contribution in [0.15, 0.2) is 29.8 Å². The van der Waals surface area contributed by atoms with Gasteiger partial charge in [0.05, 0.1) is 0 Å². The van der Waals surface area contributed by atoms with E-state index in [1.807, 2.05) is 12.1 Å². The molecular formula is C11H9ClN2O2S. The monoisotopic (exact) mass is 268 g/mol. The van der Waals surface area contributed by atoms with Crippen molar-refractivity contribution in [3.8, 4) is 0 Å². The van der Waals surface area contributed by atoms with Crippen LogP contribution >= 0.6 is 22.9 Å². The maximum Gasteiger partial charge on any atom is 0.313 e. The summed E-state index contributed by atoms with van der Waals surface area (Å²) in [6.07, 6.45) is 0.391. The molecule has 1 N–H and O–H groups in total. The van der Waals surface area contributed by atoms with Crippen molar-refractivity contribution in [2.24, 2.45) is 0 Å². The Morgan fingerprint density at radius 1 is 1.41 bits per heavy atom. The molecule has 1 heterocycles. The van der Waals surface area contributed by atoms with Gasteiger partial charge in [0, 0.05) is 5.02 Å². The third kappa shape index (κ3) is 3.01. The molecule has 17 heavy (non-hydrogen) atoms. The minimum Gasteiger partial charge on any atom is -0.481 e. The third-order valence-electron chi connectivity index (χ3n) is 2.33. The smallest absolute Gasteiger partial charge is 0.313 e. The van der Waals surface area contributed by atoms with Gasteiger partial charge < -0.3 is 5.11 Å². The number of aromatic nitrogens is 2. The number of carbonyl (C=O) groups is 1. The summed E-state index contributed by atoms with van der Waals surface area (Å²) in [6.45, 7) is 0. The number of carboxylic acids is 1. The Hall–Kier alpha value is -1.46. The highest BCUT2D eigenvalue weighted by molar-refractivity contribution is 7.09. The SMILES string of the molecule is O=C(O)C(Cc1ccc(Cl)cc1)c1nncs1. The fraction of sp³-hybridized carbons (Fsp3) is 0.182. The van der Waals surface area contributed by atoms with E-state index in [1.165, 1.54) is 16.8 Å². The zero-order chi connectivity index (χ0) is 12.3. The summed E-state index contributed by atoms with van der Waals surface area (Å²) in [5, 5.41) is 17.8. The van der Waals surface area contributed by atoms with Gasteiger partial charge in [0.1, 0.15) is 16.4 Å². The number of hydrogen-bond donors (Lipinski definition) is 1. The van der Waals surface area contributed by atoms with Gasteiger partial charge in [0.15, 0.2) is 0 Å². The molecule has 1 aromatic carbocycles. The van der Waals surface area contributed by atoms with Gasteiger partial charge in [-0.1, -0.05) is 23.7 Å². The summed E-state index contributed by atoms with van der Waals surface area (Å²) in [4.78, 5) is 11.2. The first-order valence-corrected chi connectivity index (χ1v) is 6.16. The van der Waals surface area contributed by atoms with Crippen LogP contribution in [-0.4, -0.2) is 21.3 Å². The second-order valence-electron chi connectivity index (χ2n) is 3.50. The molecule has 0 saturated carbocycles. The Kier molecular flexibility index (Phi) is 3.71. The number of rotatable bonds is 4. The van der Waals surface area contributed by atoms with E-state index in [-0.39, 0.29) is 0 Å². The lowest BCUT2D eigenvalue weighted by Gasteiger charge is -2.08. The highest BCUT2D eigenvalue weighted by atomic mass is 35.5. The van der Waals surface area contributed by atoms with Crippen LogP contribution in [0.1, 0.15) is 16.5 Å². The Morgan fingerprint density at radius 2 is 2.12 bits per heavy atom. The van der Waals surface area contributed by atoms with Crippen LogP contribution in [0, 0.1) is 0 Å². The van der Waals surface area contributed by atoms with Gasteiger partial charge in [-0.05, 0) is 24.1 Å². The minimum absolute atomic E-state index is 0.391. The fourth-order valence-electron chi connectivity index (χ4n) is 1.47. The van der Waals surface area contributed by atoms with Crippen LogP contribution in [0.5, 0.6) is 0 Å². The second kappa shape index (κ2) is 5.25. The van der Waals surface area contributed by atoms with Gasteiger partial charge in [0.25, 0.3) is 0 Å². The Morgan fingerprint density at radius 3 is 2.65 bits per heavy atom. The van der Waals surface area contributed by atoms with Gasteiger partial charge >= 0.3 is 5.97 Å². The van der Waals surface area contributed by atoms with E-state index < -0.39 is 11.9 Å². The third-order valence-corrected chi connectivity index (χ3v) is 3.39. The number of carboxylic acid groups (broad SMARTS) is 1. The van der Waals surface area contributed by atoms with Crippen molar-refractivity contribution in [3.05, 3.63) is 45.4 Å². The number of aliphatic carboxylic acids is 1. The normalized spacial score (nSPS) is 12.3. The number of halogens is 1. The molecule has 1 unspecified atom stereocenters. The highest BCUT2D eigenvalue weighted by Crippen LogP contribution is 2.23. The quantitative estimate of drug-likeness (QED) is 0.926. The maximum atomic E-state index is 11.2. The van der Waals surface area contributed by atoms with Crippen LogP contribution < -0.4 is 0 Å². The molecule has 0 bridgehead atoms. The lowest BCUT2D eigenvalue weighted by Crippen LogP contribution is -2.14. The van der Waals surface area contributed by atoms with Gasteiger partial charge in [0.2, 0.25) is 0 Å². The predicted molar refractivity (Wildman–Crippen MR) is 65.4 cm³/mol. The zero-order valence-corrected chi connectivity index (χ0v) is 10.3. The van der Waals surface area contributed by atoms with E-state index in [0.29, 0.717) is 16.5 Å². The molecule has 88 valence electrons. The summed E-state index contributed by atoms with van der Waals surface area (Å²) in [6, 6.07) is 7.13. The summed E-state index contributed by atoms with van der Waals surface area (Å²) in [7, 11) is 0. The largest absolute Gasteiger partial charge is 0.481 e. The summed E-state index contributed by atoms with van der Waals surface area (Å²) < 4.78 is 0. The highest BCUT2D eigenvalue weighted by Gasteiger charge is 2.23. The van der Waals surface area contributed by atoms with Crippen LogP contribution in [0.3, 0.4) is 0 Å². The van der Waals surface area contributed by atoms with Crippen LogP contribution in [0.25, 0.3) is 0 Å². The molecule has 0 aliphatic carbocycles. The topological polar surface area (TPSA) is 63.1 Å². The zero-order valence-electron chi connectivity index (χ0n) is 8.71. The molecule has 4 nitrogen and oxygen atoms in total. The van der Waals surface area contributed by atoms with Gasteiger partial charge in [-0.25, -0.2) is 0 Å². The predicted octanol–water partition coefficient (Wildman–Crippen LogP) is 2.60. The molecule has 1 atom stereocenters. The maximum absolute atomic E-state index is 11.2. The number of benzene rings is 1. The molecule has 0 saturated heterocycles. The average molecular weight is 269 g/mol. The van der Waals surface area contributed by atoms with Gasteiger partial charge in [-0.3, -0.25) is 4.79 Å². The molecule has 0 amide bonds. The molecule has 0 radical (unpaired) electrons. The molecule has 2 aromatic rings. The van der Waals surface area contributed by atoms with E-state index in [4.69, 9.17) is 11.6 Å². The second-order valence-corrected chi connectivity index (χ2v) is 4.80. The first-order valence-electron chi connectivity index (χ1n) is 4.90. The summed E-state index contributed by atoms with van der Waals surface area (Å²) >= 11 is 7.03. The van der Waals surface area contributed by atoms with Gasteiger partial charge in [-0.15, -0.1) is 21.5 Å². The first kappa shape index (κ1) is 12.0. The standard InChI is InChI=1S/C11H9ClN2O2S/c12-8-3-1-7(2-4-8)5-9(11(15)16)10-14-13-6-17-10/h1-4,6,9H,5H2,(H,15,16). The summed E-state index contributed by atoms with van der Waals surface area (Å²) in [5.74, 6) is -1.54. The molecule has 0 spiro atoms. The number of hydrogen-bond acceptors (Lipinski definition) is 4. The van der Waals surface area contributed by atoms with Gasteiger partial charge in [-0.2, -0.15) is 0 Å². The summed E-state index contributed by atoms with van der Waals surface area (Å²) in [5.41, 5.74) is 2.45. The van der Waals surface area contributed by atoms with Crippen LogP contribution in [0.4, 0.5) is 0 Å². The molecule has 2 rings (SSSR count). The van der Waals surface area contributed by atoms with E-state index >= 15 is 0 Å². The van der Waals surface area contributed by atoms with Crippen molar-refractivity contribution in [2.45, 2.75) is 12.3 Å². The molecule has 0 aliphatic heterocycles. The Labute approximate surface area is 107 Å². The Balaban J connectivity index is 2.19. The fourth-order valence-corrected chi connectivity index (χ4v) is 2.24. The lowest BCUT2D eigenvalue weighted by atomic mass is 10.0. The van der Waals surface area contributed by atoms with Crippen LogP contribution in [0.2, 0.25) is 5.02 Å². The van der Waals surface area contributed by atoms with Crippen molar-refractivity contribution < 1.29 is 9.90 Å². The first-order chi connectivity index (χ1) is 8.16. The molecular weight excluding hydrogens is 260 g/mol. The number of nitrogens with zero attached hydrogens (tertiary/aromatic N) is 2. The minimum atomic E-state index is -0.892. The van der Waals surface area contributed by atoms with Crippen molar-refractivity contribution in [2.75, 3.05) is 0 Å². The van der Waals surface area contributed by atoms with Crippen LogP contribution in [-0.2, 0) is 11.2 Å². The van der Waals surface area contributed by atoms with Crippen molar-refractivity contribution in [1.82, 2.24) is 10.2 Å². The van der Waals surface area contributed by atoms with E-state index in [9.17, 15) is 9.90 Å². The molecule has 0 fully saturated rings.